The molecule has 2 amide bonds. The second-order valence-corrected chi connectivity index (χ2v) is 6.82. The Bertz CT molecular complexity index is 756. The molecule has 138 valence electrons. The maximum absolute atomic E-state index is 12.5. The van der Waals surface area contributed by atoms with Crippen LogP contribution in [0.2, 0.25) is 0 Å². The average molecular weight is 376 g/mol. The number of carboxylic acid groups (broad SMARTS) is 1. The smallest absolute Gasteiger partial charge is 0.341 e. The van der Waals surface area contributed by atoms with Crippen LogP contribution in [0.15, 0.2) is 41.8 Å². The lowest BCUT2D eigenvalue weighted by Crippen LogP contribution is -2.46. The molecule has 2 aromatic rings. The molecule has 0 saturated heterocycles. The molecule has 8 heteroatoms. The third-order valence-electron chi connectivity index (χ3n) is 3.46. The van der Waals surface area contributed by atoms with Crippen molar-refractivity contribution in [2.75, 3.05) is 11.9 Å². The van der Waals surface area contributed by atoms with E-state index in [0.29, 0.717) is 16.3 Å². The van der Waals surface area contributed by atoms with Crippen LogP contribution < -0.4 is 15.4 Å². The number of ether oxygens (including phenoxy) is 1. The van der Waals surface area contributed by atoms with Crippen LogP contribution in [0, 0.1) is 5.92 Å². The molecule has 3 N–H and O–H groups in total. The zero-order valence-electron chi connectivity index (χ0n) is 14.4. The lowest BCUT2D eigenvalue weighted by molar-refractivity contribution is -0.139. The summed E-state index contributed by atoms with van der Waals surface area (Å²) < 4.78 is 5.04. The number of hydrogen-bond acceptors (Lipinski definition) is 5. The summed E-state index contributed by atoms with van der Waals surface area (Å²) >= 11 is 1.31. The predicted molar refractivity (Wildman–Crippen MR) is 98.6 cm³/mol. The molecule has 0 saturated carbocycles. The SMILES string of the molecule is CC(C)C(NC(=O)c1cccs1)C(=O)Nc1ccc(OCC(=O)O)cc1. The molecule has 7 nitrogen and oxygen atoms in total. The highest BCUT2D eigenvalue weighted by Gasteiger charge is 2.25. The van der Waals surface area contributed by atoms with Gasteiger partial charge in [0.15, 0.2) is 6.61 Å². The number of rotatable bonds is 8. The molecule has 26 heavy (non-hydrogen) atoms. The van der Waals surface area contributed by atoms with Crippen molar-refractivity contribution in [1.82, 2.24) is 5.32 Å². The summed E-state index contributed by atoms with van der Waals surface area (Å²) in [5.74, 6) is -1.40. The highest BCUT2D eigenvalue weighted by molar-refractivity contribution is 7.12. The molecule has 1 aromatic carbocycles. The van der Waals surface area contributed by atoms with Gasteiger partial charge in [0.2, 0.25) is 5.91 Å². The van der Waals surface area contributed by atoms with E-state index in [1.54, 1.807) is 41.8 Å². The highest BCUT2D eigenvalue weighted by Crippen LogP contribution is 2.17. The van der Waals surface area contributed by atoms with Crippen molar-refractivity contribution < 1.29 is 24.2 Å². The van der Waals surface area contributed by atoms with Crippen LogP contribution in [0.5, 0.6) is 5.75 Å². The molecule has 0 bridgehead atoms. The lowest BCUT2D eigenvalue weighted by atomic mass is 10.0. The van der Waals surface area contributed by atoms with E-state index in [1.165, 1.54) is 11.3 Å². The monoisotopic (exact) mass is 376 g/mol. The first-order valence-electron chi connectivity index (χ1n) is 7.96. The first-order valence-corrected chi connectivity index (χ1v) is 8.84. The average Bonchev–Trinajstić information content (AvgIpc) is 3.13. The van der Waals surface area contributed by atoms with Crippen LogP contribution in [0.1, 0.15) is 23.5 Å². The fourth-order valence-electron chi connectivity index (χ4n) is 2.15. The van der Waals surface area contributed by atoms with Crippen molar-refractivity contribution in [2.45, 2.75) is 19.9 Å². The van der Waals surface area contributed by atoms with Gasteiger partial charge in [-0.2, -0.15) is 0 Å². The number of nitrogens with one attached hydrogen (secondary N) is 2. The van der Waals surface area contributed by atoms with Gasteiger partial charge in [-0.1, -0.05) is 19.9 Å². The molecule has 0 aliphatic rings. The molecule has 1 atom stereocenters. The number of hydrogen-bond donors (Lipinski definition) is 3. The first-order chi connectivity index (χ1) is 12.4. The van der Waals surface area contributed by atoms with E-state index < -0.39 is 18.6 Å². The molecule has 1 aromatic heterocycles. The Kier molecular flexibility index (Phi) is 6.74. The normalized spacial score (nSPS) is 11.7. The summed E-state index contributed by atoms with van der Waals surface area (Å²) in [4.78, 5) is 35.8. The standard InChI is InChI=1S/C18H20N2O5S/c1-11(2)16(20-17(23)14-4-3-9-26-14)18(24)19-12-5-7-13(8-6-12)25-10-15(21)22/h3-9,11,16H,10H2,1-2H3,(H,19,24)(H,20,23)(H,21,22). The molecule has 1 heterocycles. The minimum absolute atomic E-state index is 0.0999. The predicted octanol–water partition coefficient (Wildman–Crippen LogP) is 2.60. The summed E-state index contributed by atoms with van der Waals surface area (Å²) in [6, 6.07) is 9.12. The van der Waals surface area contributed by atoms with E-state index in [9.17, 15) is 14.4 Å². The lowest BCUT2D eigenvalue weighted by Gasteiger charge is -2.21. The molecule has 0 aliphatic heterocycles. The number of benzene rings is 1. The van der Waals surface area contributed by atoms with Gasteiger partial charge in [0.1, 0.15) is 11.8 Å². The molecular formula is C18H20N2O5S. The zero-order valence-corrected chi connectivity index (χ0v) is 15.2. The number of aliphatic carboxylic acids is 1. The molecule has 0 spiro atoms. The number of carboxylic acids is 1. The number of anilines is 1. The Balaban J connectivity index is 1.98. The summed E-state index contributed by atoms with van der Waals surface area (Å²) in [5, 5.41) is 15.9. The minimum Gasteiger partial charge on any atom is -0.482 e. The van der Waals surface area contributed by atoms with Gasteiger partial charge in [-0.25, -0.2) is 4.79 Å². The van der Waals surface area contributed by atoms with Crippen LogP contribution in [-0.4, -0.2) is 35.5 Å². The molecule has 2 rings (SSSR count). The van der Waals surface area contributed by atoms with Crippen LogP contribution in [0.3, 0.4) is 0 Å². The minimum atomic E-state index is -1.07. The summed E-state index contributed by atoms with van der Waals surface area (Å²) in [5.41, 5.74) is 0.522. The number of amides is 2. The second-order valence-electron chi connectivity index (χ2n) is 5.87. The molecular weight excluding hydrogens is 356 g/mol. The van der Waals surface area contributed by atoms with Crippen LogP contribution in [-0.2, 0) is 9.59 Å². The van der Waals surface area contributed by atoms with E-state index in [-0.39, 0.29) is 17.7 Å². The maximum atomic E-state index is 12.5. The van der Waals surface area contributed by atoms with Gasteiger partial charge in [0.05, 0.1) is 4.88 Å². The van der Waals surface area contributed by atoms with E-state index >= 15 is 0 Å². The Morgan fingerprint density at radius 2 is 1.85 bits per heavy atom. The Hall–Kier alpha value is -2.87. The quantitative estimate of drug-likeness (QED) is 0.657. The third kappa shape index (κ3) is 5.59. The van der Waals surface area contributed by atoms with Crippen molar-refractivity contribution in [3.8, 4) is 5.75 Å². The van der Waals surface area contributed by atoms with E-state index in [2.05, 4.69) is 10.6 Å². The zero-order chi connectivity index (χ0) is 19.1. The van der Waals surface area contributed by atoms with Crippen molar-refractivity contribution in [3.05, 3.63) is 46.7 Å². The Labute approximate surface area is 155 Å². The van der Waals surface area contributed by atoms with Gasteiger partial charge in [0.25, 0.3) is 5.91 Å². The third-order valence-corrected chi connectivity index (χ3v) is 4.33. The van der Waals surface area contributed by atoms with Gasteiger partial charge < -0.3 is 20.5 Å². The number of thiophene rings is 1. The van der Waals surface area contributed by atoms with E-state index in [4.69, 9.17) is 9.84 Å². The largest absolute Gasteiger partial charge is 0.482 e. The Morgan fingerprint density at radius 3 is 2.38 bits per heavy atom. The van der Waals surface area contributed by atoms with Crippen molar-refractivity contribution in [3.63, 3.8) is 0 Å². The van der Waals surface area contributed by atoms with Crippen LogP contribution >= 0.6 is 11.3 Å². The van der Waals surface area contributed by atoms with Gasteiger partial charge in [-0.3, -0.25) is 9.59 Å². The van der Waals surface area contributed by atoms with E-state index in [0.717, 1.165) is 0 Å². The summed E-state index contributed by atoms with van der Waals surface area (Å²) in [7, 11) is 0. The van der Waals surface area contributed by atoms with Crippen molar-refractivity contribution in [1.29, 1.82) is 0 Å². The summed E-state index contributed by atoms with van der Waals surface area (Å²) in [6.45, 7) is 3.26. The molecule has 0 fully saturated rings. The Morgan fingerprint density at radius 1 is 1.15 bits per heavy atom. The van der Waals surface area contributed by atoms with Crippen molar-refractivity contribution >= 4 is 34.8 Å². The van der Waals surface area contributed by atoms with E-state index in [1.807, 2.05) is 13.8 Å². The number of carbonyl (C=O) groups excluding carboxylic acids is 2. The topological polar surface area (TPSA) is 105 Å². The first kappa shape index (κ1) is 19.5. The van der Waals surface area contributed by atoms with Gasteiger partial charge >= 0.3 is 5.97 Å². The van der Waals surface area contributed by atoms with Gasteiger partial charge in [-0.15, -0.1) is 11.3 Å². The van der Waals surface area contributed by atoms with Crippen LogP contribution in [0.25, 0.3) is 0 Å². The summed E-state index contributed by atoms with van der Waals surface area (Å²) in [6.07, 6.45) is 0. The molecule has 1 unspecified atom stereocenters. The second kappa shape index (κ2) is 9.00. The van der Waals surface area contributed by atoms with Gasteiger partial charge in [0, 0.05) is 5.69 Å². The fraction of sp³-hybridized carbons (Fsp3) is 0.278. The highest BCUT2D eigenvalue weighted by atomic mass is 32.1. The van der Waals surface area contributed by atoms with Gasteiger partial charge in [-0.05, 0) is 41.6 Å². The fourth-order valence-corrected chi connectivity index (χ4v) is 2.78. The molecule has 0 aliphatic carbocycles. The number of carbonyl (C=O) groups is 3. The van der Waals surface area contributed by atoms with Crippen molar-refractivity contribution in [2.24, 2.45) is 5.92 Å². The molecule has 0 radical (unpaired) electrons. The maximum Gasteiger partial charge on any atom is 0.341 e. The van der Waals surface area contributed by atoms with Crippen LogP contribution in [0.4, 0.5) is 5.69 Å².